The number of ether oxygens (including phenoxy) is 2. The van der Waals surface area contributed by atoms with E-state index in [-0.39, 0.29) is 10.1 Å². The van der Waals surface area contributed by atoms with Crippen LogP contribution in [0.15, 0.2) is 24.3 Å². The average Bonchev–Trinajstić information content (AvgIpc) is 2.75. The normalized spacial score (nSPS) is 13.1. The Morgan fingerprint density at radius 2 is 1.20 bits per heavy atom. The van der Waals surface area contributed by atoms with E-state index in [2.05, 4.69) is 92.9 Å². The minimum atomic E-state index is -2.49. The number of fused-ring (bicyclic) bond motifs is 2. The highest BCUT2D eigenvalue weighted by molar-refractivity contribution is 14.1. The van der Waals surface area contributed by atoms with Gasteiger partial charge in [-0.05, 0) is 118 Å². The molecule has 3 rings (SSSR count). The van der Waals surface area contributed by atoms with Gasteiger partial charge in [-0.3, -0.25) is 9.59 Å². The second-order valence-electron chi connectivity index (χ2n) is 13.1. The molecule has 0 unspecified atom stereocenters. The van der Waals surface area contributed by atoms with E-state index in [4.69, 9.17) is 13.9 Å². The third-order valence-electron chi connectivity index (χ3n) is 8.19. The van der Waals surface area contributed by atoms with Crippen LogP contribution < -0.4 is 13.9 Å². The molecule has 0 radical (unpaired) electrons. The monoisotopic (exact) mass is 806 g/mol. The fraction of sp³-hybridized carbons (Fsp3) is 0.467. The summed E-state index contributed by atoms with van der Waals surface area (Å²) in [5.41, 5.74) is 1.03. The van der Waals surface area contributed by atoms with E-state index in [1.807, 2.05) is 37.4 Å². The van der Waals surface area contributed by atoms with Crippen molar-refractivity contribution in [3.63, 3.8) is 0 Å². The van der Waals surface area contributed by atoms with Crippen molar-refractivity contribution in [3.8, 4) is 17.2 Å². The molecule has 0 bridgehead atoms. The maximum atomic E-state index is 12.4. The molecule has 3 aromatic rings. The van der Waals surface area contributed by atoms with E-state index < -0.39 is 28.6 Å². The van der Waals surface area contributed by atoms with Gasteiger partial charge in [0.2, 0.25) is 0 Å². The van der Waals surface area contributed by atoms with E-state index >= 15 is 0 Å². The molecule has 0 aliphatic carbocycles. The average molecular weight is 807 g/mol. The van der Waals surface area contributed by atoms with Crippen LogP contribution in [-0.4, -0.2) is 33.4 Å². The highest BCUT2D eigenvalue weighted by Crippen LogP contribution is 2.49. The third kappa shape index (κ3) is 6.87. The Labute approximate surface area is 267 Å². The van der Waals surface area contributed by atoms with Gasteiger partial charge in [0.25, 0.3) is 8.32 Å². The molecule has 3 aromatic carbocycles. The summed E-state index contributed by atoms with van der Waals surface area (Å²) in [6.45, 7) is 21.8. The Balaban J connectivity index is 2.45. The quantitative estimate of drug-likeness (QED) is 0.0845. The lowest BCUT2D eigenvalue weighted by Crippen LogP contribution is -2.44. The van der Waals surface area contributed by atoms with Gasteiger partial charge >= 0.3 is 11.9 Å². The van der Waals surface area contributed by atoms with Crippen molar-refractivity contribution in [1.82, 2.24) is 0 Å². The molecule has 0 aromatic heterocycles. The molecular formula is C30H40I2O6Si2. The Kier molecular flexibility index (Phi) is 9.53. The van der Waals surface area contributed by atoms with Crippen LogP contribution in [-0.2, 0) is 16.0 Å². The first-order chi connectivity index (χ1) is 18.1. The number of benzene rings is 3. The summed E-state index contributed by atoms with van der Waals surface area (Å²) in [6.07, 6.45) is 0.647. The largest absolute Gasteiger partial charge is 0.543 e. The summed E-state index contributed by atoms with van der Waals surface area (Å²) < 4.78 is 20.3. The first kappa shape index (κ1) is 33.3. The number of carbonyl (C=O) groups excluding carboxylic acids is 2. The van der Waals surface area contributed by atoms with Crippen LogP contribution in [0.2, 0.25) is 36.3 Å². The van der Waals surface area contributed by atoms with Crippen LogP contribution in [0.3, 0.4) is 0 Å². The second-order valence-corrected chi connectivity index (χ2v) is 24.7. The van der Waals surface area contributed by atoms with E-state index in [1.54, 1.807) is 0 Å². The molecule has 0 atom stereocenters. The van der Waals surface area contributed by atoms with Gasteiger partial charge in [-0.25, -0.2) is 0 Å². The van der Waals surface area contributed by atoms with Crippen molar-refractivity contribution < 1.29 is 28.3 Å². The summed E-state index contributed by atoms with van der Waals surface area (Å²) in [7, 11) is -4.67. The number of hydrogen-bond acceptors (Lipinski definition) is 6. The summed E-state index contributed by atoms with van der Waals surface area (Å²) in [6, 6.07) is 7.83. The highest BCUT2D eigenvalue weighted by atomic mass is 127. The molecule has 0 heterocycles. The second kappa shape index (κ2) is 11.5. The summed E-state index contributed by atoms with van der Waals surface area (Å²) in [4.78, 5) is 35.7. The number of hydrogen-bond donors (Lipinski definition) is 1. The maximum absolute atomic E-state index is 12.4. The van der Waals surface area contributed by atoms with Crippen LogP contribution >= 0.6 is 45.2 Å². The number of halogens is 2. The molecule has 0 amide bonds. The van der Waals surface area contributed by atoms with Crippen LogP contribution in [0.5, 0.6) is 17.2 Å². The number of carbonyl (C=O) groups is 2. The third-order valence-corrected chi connectivity index (χ3v) is 17.9. The number of esters is 2. The molecule has 0 saturated carbocycles. The first-order valence-corrected chi connectivity index (χ1v) is 21.3. The lowest BCUT2D eigenvalue weighted by atomic mass is 9.95. The summed E-state index contributed by atoms with van der Waals surface area (Å²) in [5, 5.41) is 2.34. The van der Waals surface area contributed by atoms with Gasteiger partial charge in [0.1, 0.15) is 17.2 Å². The van der Waals surface area contributed by atoms with Gasteiger partial charge in [0, 0.05) is 39.0 Å². The molecular weight excluding hydrogens is 766 g/mol. The van der Waals surface area contributed by atoms with Crippen molar-refractivity contribution in [2.24, 2.45) is 0 Å². The molecule has 40 heavy (non-hydrogen) atoms. The molecule has 1 N–H and O–H groups in total. The smallest absolute Gasteiger partial charge is 0.308 e. The predicted molar refractivity (Wildman–Crippen MR) is 185 cm³/mol. The molecule has 0 fully saturated rings. The molecule has 10 heteroatoms. The zero-order valence-corrected chi connectivity index (χ0v) is 31.6. The van der Waals surface area contributed by atoms with Gasteiger partial charge in [-0.2, -0.15) is 0 Å². The van der Waals surface area contributed by atoms with E-state index in [0.717, 1.165) is 12.7 Å². The van der Waals surface area contributed by atoms with E-state index in [0.29, 0.717) is 45.2 Å². The fourth-order valence-corrected chi connectivity index (χ4v) is 7.15. The van der Waals surface area contributed by atoms with Crippen molar-refractivity contribution in [2.75, 3.05) is 0 Å². The first-order valence-electron chi connectivity index (χ1n) is 13.3. The van der Waals surface area contributed by atoms with Gasteiger partial charge in [-0.1, -0.05) is 34.6 Å². The predicted octanol–water partition coefficient (Wildman–Crippen LogP) is 8.96. The van der Waals surface area contributed by atoms with E-state index in [1.165, 1.54) is 13.8 Å². The van der Waals surface area contributed by atoms with Gasteiger partial charge in [0.15, 0.2) is 8.32 Å². The van der Waals surface area contributed by atoms with Crippen LogP contribution in [0.4, 0.5) is 0 Å². The fourth-order valence-electron chi connectivity index (χ4n) is 4.05. The lowest BCUT2D eigenvalue weighted by molar-refractivity contribution is -0.132. The van der Waals surface area contributed by atoms with Crippen molar-refractivity contribution >= 4 is 95.3 Å². The maximum Gasteiger partial charge on any atom is 0.308 e. The van der Waals surface area contributed by atoms with E-state index in [9.17, 15) is 14.4 Å². The molecule has 0 aliphatic rings. The Hall–Kier alpha value is -1.23. The van der Waals surface area contributed by atoms with Crippen molar-refractivity contribution in [1.29, 1.82) is 0 Å². The molecule has 0 saturated heterocycles. The van der Waals surface area contributed by atoms with Crippen molar-refractivity contribution in [2.45, 2.75) is 91.2 Å². The minimum absolute atomic E-state index is 0.0116. The standard InChI is InChI=1S/C30H40I2O6Si2/c1-17(33)36-27-20-12-19(16-30(6,7)39(8,9)35)24(31)13-21(20)28(37-18(2)34)23-15-26(25(32)14-22(23)27)38-40(10,11)29(3,4)5/h12-15,35H,16H2,1-11H3. The van der Waals surface area contributed by atoms with Crippen molar-refractivity contribution in [3.05, 3.63) is 37.0 Å². The van der Waals surface area contributed by atoms with Crippen LogP contribution in [0.1, 0.15) is 54.0 Å². The topological polar surface area (TPSA) is 82.1 Å². The minimum Gasteiger partial charge on any atom is -0.543 e. The Morgan fingerprint density at radius 3 is 1.62 bits per heavy atom. The Bertz CT molecular complexity index is 1390. The molecule has 0 aliphatic heterocycles. The zero-order chi connectivity index (χ0) is 30.6. The highest BCUT2D eigenvalue weighted by Gasteiger charge is 2.40. The van der Waals surface area contributed by atoms with Gasteiger partial charge < -0.3 is 18.7 Å². The van der Waals surface area contributed by atoms with Crippen LogP contribution in [0, 0.1) is 7.14 Å². The zero-order valence-electron chi connectivity index (χ0n) is 25.3. The molecule has 6 nitrogen and oxygen atoms in total. The SMILES string of the molecule is CC(=O)Oc1c2cc(I)c(O[Si](C)(C)C(C)(C)C)cc2c(OC(C)=O)c2cc(I)c(CC(C)(C)[Si](C)(C)O)cc12. The van der Waals surface area contributed by atoms with Gasteiger partial charge in [-0.15, -0.1) is 0 Å². The molecule has 218 valence electrons. The molecule has 0 spiro atoms. The summed E-state index contributed by atoms with van der Waals surface area (Å²) >= 11 is 4.54. The van der Waals surface area contributed by atoms with Crippen LogP contribution in [0.25, 0.3) is 21.5 Å². The Morgan fingerprint density at radius 1 is 0.775 bits per heavy atom. The summed E-state index contributed by atoms with van der Waals surface area (Å²) in [5.74, 6) is 0.654. The number of rotatable bonds is 7. The van der Waals surface area contributed by atoms with Gasteiger partial charge in [0.05, 0.1) is 3.57 Å². The lowest BCUT2D eigenvalue weighted by Gasteiger charge is -2.37.